The number of benzene rings is 1. The van der Waals surface area contributed by atoms with Gasteiger partial charge in [0.25, 0.3) is 0 Å². The molecule has 1 aromatic heterocycles. The molecule has 0 spiro atoms. The van der Waals surface area contributed by atoms with Crippen molar-refractivity contribution in [1.29, 1.82) is 0 Å². The van der Waals surface area contributed by atoms with Crippen molar-refractivity contribution in [2.45, 2.75) is 11.8 Å². The minimum atomic E-state index is 0.342. The van der Waals surface area contributed by atoms with Crippen LogP contribution in [0, 0.1) is 0 Å². The molecule has 2 aromatic rings. The van der Waals surface area contributed by atoms with Gasteiger partial charge in [-0.05, 0) is 17.9 Å². The topological polar surface area (TPSA) is 85.4 Å². The zero-order valence-corrected chi connectivity index (χ0v) is 12.7. The van der Waals surface area contributed by atoms with Crippen molar-refractivity contribution in [3.8, 4) is 0 Å². The van der Waals surface area contributed by atoms with E-state index in [9.17, 15) is 0 Å². The third-order valence-corrected chi connectivity index (χ3v) is 3.60. The normalized spacial score (nSPS) is 10.8. The fourth-order valence-electron chi connectivity index (χ4n) is 1.72. The van der Waals surface area contributed by atoms with E-state index in [1.807, 2.05) is 18.2 Å². The molecule has 0 aliphatic heterocycles. The van der Waals surface area contributed by atoms with Gasteiger partial charge in [-0.3, -0.25) is 0 Å². The summed E-state index contributed by atoms with van der Waals surface area (Å²) in [6.07, 6.45) is 2.91. The predicted molar refractivity (Wildman–Crippen MR) is 87.2 cm³/mol. The van der Waals surface area contributed by atoms with E-state index in [-0.39, 0.29) is 0 Å². The molecule has 3 N–H and O–H groups in total. The highest BCUT2D eigenvalue weighted by molar-refractivity contribution is 7.99. The Balaban J connectivity index is 2.36. The number of para-hydroxylation sites is 1. The maximum Gasteiger partial charge on any atom is 0.144 e. The number of nitrogens with zero attached hydrogens (tertiary/aromatic N) is 3. The molecule has 0 amide bonds. The van der Waals surface area contributed by atoms with Crippen molar-refractivity contribution in [3.63, 3.8) is 0 Å². The first kappa shape index (κ1) is 15.1. The Morgan fingerprint density at radius 1 is 1.38 bits per heavy atom. The molecule has 2 rings (SSSR count). The second kappa shape index (κ2) is 7.49. The van der Waals surface area contributed by atoms with Gasteiger partial charge < -0.3 is 15.9 Å². The number of hydrogen-bond acceptors (Lipinski definition) is 7. The second-order valence-corrected chi connectivity index (χ2v) is 5.30. The lowest BCUT2D eigenvalue weighted by atomic mass is 10.2. The molecule has 0 bridgehead atoms. The third-order valence-electron chi connectivity index (χ3n) is 2.64. The Labute approximate surface area is 127 Å². The standard InChI is InChI=1S/C14H17N5OS/c1-3-21-12-7-5-4-6-11(12)19-14-10(8-18-20-2)13(15)16-9-17-14/h4-9H,3H2,1-2H3,(H3,15,16,17,19)/b18-8+. The molecular weight excluding hydrogens is 286 g/mol. The average molecular weight is 303 g/mol. The largest absolute Gasteiger partial charge is 0.399 e. The lowest BCUT2D eigenvalue weighted by molar-refractivity contribution is 0.215. The van der Waals surface area contributed by atoms with Crippen LogP contribution in [0.25, 0.3) is 0 Å². The summed E-state index contributed by atoms with van der Waals surface area (Å²) in [5, 5.41) is 7.01. The number of hydrogen-bond donors (Lipinski definition) is 2. The SMILES string of the molecule is CCSc1ccccc1Nc1ncnc(N)c1/C=N/OC. The van der Waals surface area contributed by atoms with Crippen LogP contribution in [-0.2, 0) is 4.84 Å². The summed E-state index contributed by atoms with van der Waals surface area (Å²) in [4.78, 5) is 14.0. The minimum absolute atomic E-state index is 0.342. The lowest BCUT2D eigenvalue weighted by Crippen LogP contribution is -2.05. The maximum atomic E-state index is 5.87. The molecule has 0 fully saturated rings. The quantitative estimate of drug-likeness (QED) is 0.485. The van der Waals surface area contributed by atoms with Crippen molar-refractivity contribution < 1.29 is 4.84 Å². The lowest BCUT2D eigenvalue weighted by Gasteiger charge is -2.12. The minimum Gasteiger partial charge on any atom is -0.399 e. The summed E-state index contributed by atoms with van der Waals surface area (Å²) >= 11 is 1.75. The van der Waals surface area contributed by atoms with Crippen LogP contribution in [0.1, 0.15) is 12.5 Å². The maximum absolute atomic E-state index is 5.87. The highest BCUT2D eigenvalue weighted by atomic mass is 32.2. The molecule has 6 nitrogen and oxygen atoms in total. The number of nitrogens with one attached hydrogen (secondary N) is 1. The molecule has 0 aliphatic rings. The van der Waals surface area contributed by atoms with E-state index in [0.717, 1.165) is 16.3 Å². The second-order valence-electron chi connectivity index (χ2n) is 3.99. The monoisotopic (exact) mass is 303 g/mol. The van der Waals surface area contributed by atoms with Crippen LogP contribution in [0.3, 0.4) is 0 Å². The number of thioether (sulfide) groups is 1. The van der Waals surface area contributed by atoms with Gasteiger partial charge in [-0.15, -0.1) is 11.8 Å². The molecule has 0 atom stereocenters. The Morgan fingerprint density at radius 2 is 2.19 bits per heavy atom. The molecule has 1 heterocycles. The Hall–Kier alpha value is -2.28. The fraction of sp³-hybridized carbons (Fsp3) is 0.214. The van der Waals surface area contributed by atoms with E-state index in [4.69, 9.17) is 10.6 Å². The Bertz CT molecular complexity index is 633. The van der Waals surface area contributed by atoms with E-state index in [0.29, 0.717) is 17.2 Å². The Morgan fingerprint density at radius 3 is 2.95 bits per heavy atom. The first-order chi connectivity index (χ1) is 10.3. The number of nitrogens with two attached hydrogens (primary N) is 1. The first-order valence-electron chi connectivity index (χ1n) is 6.42. The average Bonchev–Trinajstić information content (AvgIpc) is 2.49. The van der Waals surface area contributed by atoms with Crippen LogP contribution < -0.4 is 11.1 Å². The molecule has 0 radical (unpaired) electrons. The summed E-state index contributed by atoms with van der Waals surface area (Å²) in [6.45, 7) is 2.11. The van der Waals surface area contributed by atoms with E-state index >= 15 is 0 Å². The molecule has 7 heteroatoms. The van der Waals surface area contributed by atoms with E-state index in [1.54, 1.807) is 11.8 Å². The highest BCUT2D eigenvalue weighted by Gasteiger charge is 2.10. The van der Waals surface area contributed by atoms with Crippen LogP contribution in [0.15, 0.2) is 40.6 Å². The van der Waals surface area contributed by atoms with Gasteiger partial charge in [0.05, 0.1) is 17.5 Å². The summed E-state index contributed by atoms with van der Waals surface area (Å²) in [5.74, 6) is 1.92. The third kappa shape index (κ3) is 3.85. The van der Waals surface area contributed by atoms with Crippen molar-refractivity contribution in [2.75, 3.05) is 23.9 Å². The van der Waals surface area contributed by atoms with Crippen LogP contribution in [0.4, 0.5) is 17.3 Å². The van der Waals surface area contributed by atoms with E-state index < -0.39 is 0 Å². The van der Waals surface area contributed by atoms with Gasteiger partial charge in [0, 0.05) is 4.90 Å². The van der Waals surface area contributed by atoms with Crippen molar-refractivity contribution >= 4 is 35.3 Å². The van der Waals surface area contributed by atoms with Gasteiger partial charge in [0.1, 0.15) is 25.1 Å². The number of nitrogen functional groups attached to an aromatic ring is 1. The van der Waals surface area contributed by atoms with Gasteiger partial charge in [-0.2, -0.15) is 0 Å². The Kier molecular flexibility index (Phi) is 5.39. The van der Waals surface area contributed by atoms with Gasteiger partial charge in [-0.25, -0.2) is 9.97 Å². The van der Waals surface area contributed by atoms with Crippen LogP contribution >= 0.6 is 11.8 Å². The predicted octanol–water partition coefficient (Wildman–Crippen LogP) is 2.89. The summed E-state index contributed by atoms with van der Waals surface area (Å²) in [5.41, 5.74) is 7.43. The number of aromatic nitrogens is 2. The first-order valence-corrected chi connectivity index (χ1v) is 7.40. The number of oxime groups is 1. The van der Waals surface area contributed by atoms with Gasteiger partial charge >= 0.3 is 0 Å². The zero-order chi connectivity index (χ0) is 15.1. The molecule has 1 aromatic carbocycles. The summed E-state index contributed by atoms with van der Waals surface area (Å²) < 4.78 is 0. The molecule has 0 aliphatic carbocycles. The van der Waals surface area contributed by atoms with Crippen LogP contribution in [-0.4, -0.2) is 29.0 Å². The number of rotatable bonds is 6. The molecule has 21 heavy (non-hydrogen) atoms. The molecule has 110 valence electrons. The molecule has 0 saturated heterocycles. The van der Waals surface area contributed by atoms with Crippen molar-refractivity contribution in [3.05, 3.63) is 36.2 Å². The molecule has 0 saturated carbocycles. The molecular formula is C14H17N5OS. The smallest absolute Gasteiger partial charge is 0.144 e. The van der Waals surface area contributed by atoms with Crippen molar-refractivity contribution in [1.82, 2.24) is 9.97 Å². The zero-order valence-electron chi connectivity index (χ0n) is 11.9. The van der Waals surface area contributed by atoms with E-state index in [2.05, 4.69) is 33.4 Å². The fourth-order valence-corrected chi connectivity index (χ4v) is 2.48. The molecule has 0 unspecified atom stereocenters. The number of anilines is 3. The van der Waals surface area contributed by atoms with Crippen LogP contribution in [0.5, 0.6) is 0 Å². The van der Waals surface area contributed by atoms with Gasteiger partial charge in [0.15, 0.2) is 0 Å². The van der Waals surface area contributed by atoms with Crippen LogP contribution in [0.2, 0.25) is 0 Å². The van der Waals surface area contributed by atoms with Gasteiger partial charge in [0.2, 0.25) is 0 Å². The van der Waals surface area contributed by atoms with Crippen molar-refractivity contribution in [2.24, 2.45) is 5.16 Å². The van der Waals surface area contributed by atoms with E-state index in [1.165, 1.54) is 19.7 Å². The summed E-state index contributed by atoms with van der Waals surface area (Å²) in [6, 6.07) is 8.03. The summed E-state index contributed by atoms with van der Waals surface area (Å²) in [7, 11) is 1.47. The highest BCUT2D eigenvalue weighted by Crippen LogP contribution is 2.30. The van der Waals surface area contributed by atoms with Gasteiger partial charge in [-0.1, -0.05) is 24.2 Å².